The standard InChI is InChI=1S/C42H46ClN7O7/c1-41(2)39(42(3,4)40(41)57-28-9-7-25(23-44)31(43)22-28)47-35(52)26-8-13-33(45-24-26)49-18-16-48(17-19-49)15-5-6-20-56-27-10-11-29-30(21-27)38(55)50(37(29)54)32-12-14-34(51)46-36(32)53/h7-11,13,21-22,24,32,39-40H,5-6,12,14-20H2,1-4H3,(H,47,52)(H,46,51,53)/t32?,39-,40-. The first-order chi connectivity index (χ1) is 27.2. The lowest BCUT2D eigenvalue weighted by Gasteiger charge is -2.63. The van der Waals surface area contributed by atoms with Gasteiger partial charge in [-0.1, -0.05) is 39.3 Å². The van der Waals surface area contributed by atoms with Crippen molar-refractivity contribution in [1.29, 1.82) is 5.26 Å². The van der Waals surface area contributed by atoms with Crippen LogP contribution in [0, 0.1) is 22.2 Å². The molecule has 15 heteroatoms. The zero-order chi connectivity index (χ0) is 40.6. The number of imide groups is 2. The molecule has 298 valence electrons. The lowest BCUT2D eigenvalue weighted by Crippen LogP contribution is -2.74. The molecule has 3 aromatic rings. The summed E-state index contributed by atoms with van der Waals surface area (Å²) >= 11 is 6.23. The highest BCUT2D eigenvalue weighted by atomic mass is 35.5. The summed E-state index contributed by atoms with van der Waals surface area (Å²) in [5, 5.41) is 15.0. The molecule has 14 nitrogen and oxygen atoms in total. The van der Waals surface area contributed by atoms with E-state index in [0.717, 1.165) is 56.3 Å². The highest BCUT2D eigenvalue weighted by Crippen LogP contribution is 2.55. The van der Waals surface area contributed by atoms with Crippen molar-refractivity contribution in [2.45, 2.75) is 71.6 Å². The van der Waals surface area contributed by atoms with Crippen LogP contribution < -0.4 is 25.0 Å². The Morgan fingerprint density at radius 3 is 2.33 bits per heavy atom. The summed E-state index contributed by atoms with van der Waals surface area (Å²) in [6.45, 7) is 13.0. The summed E-state index contributed by atoms with van der Waals surface area (Å²) in [6.07, 6.45) is 3.32. The number of amides is 5. The number of carbonyl (C=O) groups excluding carboxylic acids is 5. The maximum absolute atomic E-state index is 13.4. The molecule has 2 saturated heterocycles. The monoisotopic (exact) mass is 795 g/mol. The number of fused-ring (bicyclic) bond motifs is 1. The van der Waals surface area contributed by atoms with Gasteiger partial charge in [-0.25, -0.2) is 4.98 Å². The SMILES string of the molecule is CC1(C)[C@H](NC(=O)c2ccc(N3CCN(CCCCOc4ccc5c(c4)C(=O)N(C4CCC(=O)NC4=O)C5=O)CC3)nc2)C(C)(C)[C@H]1Oc1ccc(C#N)c(Cl)c1. The number of halogens is 1. The van der Waals surface area contributed by atoms with Crippen molar-refractivity contribution in [3.63, 3.8) is 0 Å². The molecular weight excluding hydrogens is 750 g/mol. The number of carbonyl (C=O) groups is 5. The fourth-order valence-corrected chi connectivity index (χ4v) is 9.10. The molecule has 4 aliphatic rings. The van der Waals surface area contributed by atoms with Gasteiger partial charge < -0.3 is 19.7 Å². The Labute approximate surface area is 336 Å². The first-order valence-corrected chi connectivity index (χ1v) is 19.7. The Kier molecular flexibility index (Phi) is 11.0. The molecule has 1 saturated carbocycles. The van der Waals surface area contributed by atoms with Crippen molar-refractivity contribution in [1.82, 2.24) is 25.4 Å². The third kappa shape index (κ3) is 7.78. The molecule has 2 aromatic carbocycles. The topological polar surface area (TPSA) is 174 Å². The molecule has 0 bridgehead atoms. The lowest BCUT2D eigenvalue weighted by atomic mass is 9.49. The van der Waals surface area contributed by atoms with Gasteiger partial charge in [0, 0.05) is 61.7 Å². The Bertz CT molecular complexity index is 2130. The smallest absolute Gasteiger partial charge is 0.262 e. The maximum atomic E-state index is 13.4. The van der Waals surface area contributed by atoms with E-state index in [0.29, 0.717) is 34.3 Å². The van der Waals surface area contributed by atoms with Crippen molar-refractivity contribution in [3.05, 3.63) is 82.0 Å². The van der Waals surface area contributed by atoms with Crippen LogP contribution in [-0.2, 0) is 9.59 Å². The molecule has 1 aliphatic carbocycles. The minimum Gasteiger partial charge on any atom is -0.494 e. The minimum absolute atomic E-state index is 0.0689. The molecule has 0 spiro atoms. The van der Waals surface area contributed by atoms with Crippen LogP contribution in [0.25, 0.3) is 0 Å². The molecule has 57 heavy (non-hydrogen) atoms. The van der Waals surface area contributed by atoms with Gasteiger partial charge in [-0.05, 0) is 68.3 Å². The van der Waals surface area contributed by atoms with Gasteiger partial charge >= 0.3 is 0 Å². The predicted octanol–water partition coefficient (Wildman–Crippen LogP) is 4.60. The number of rotatable bonds is 12. The molecule has 0 radical (unpaired) electrons. The van der Waals surface area contributed by atoms with Crippen LogP contribution in [0.15, 0.2) is 54.7 Å². The zero-order valence-electron chi connectivity index (χ0n) is 32.5. The zero-order valence-corrected chi connectivity index (χ0v) is 33.2. The van der Waals surface area contributed by atoms with Gasteiger partial charge in [-0.2, -0.15) is 5.26 Å². The molecule has 3 fully saturated rings. The fraction of sp³-hybridized carbons (Fsp3) is 0.452. The van der Waals surface area contributed by atoms with E-state index in [9.17, 15) is 29.2 Å². The summed E-state index contributed by atoms with van der Waals surface area (Å²) in [5.41, 5.74) is 0.541. The number of ether oxygens (including phenoxy) is 2. The van der Waals surface area contributed by atoms with E-state index in [1.807, 2.05) is 12.1 Å². The molecule has 2 N–H and O–H groups in total. The predicted molar refractivity (Wildman–Crippen MR) is 210 cm³/mol. The number of nitrogens with zero attached hydrogens (tertiary/aromatic N) is 5. The van der Waals surface area contributed by atoms with Crippen LogP contribution in [0.1, 0.15) is 90.0 Å². The average Bonchev–Trinajstić information content (AvgIpc) is 3.43. The van der Waals surface area contributed by atoms with Crippen molar-refractivity contribution >= 4 is 47.0 Å². The van der Waals surface area contributed by atoms with Gasteiger partial charge in [-0.3, -0.25) is 39.1 Å². The number of benzene rings is 2. The normalized spacial score (nSPS) is 22.6. The summed E-state index contributed by atoms with van der Waals surface area (Å²) in [4.78, 5) is 73.5. The molecular formula is C42H46ClN7O7. The Morgan fingerprint density at radius 1 is 0.947 bits per heavy atom. The van der Waals surface area contributed by atoms with Gasteiger partial charge in [0.1, 0.15) is 35.5 Å². The number of piperazine rings is 1. The second-order valence-electron chi connectivity index (χ2n) is 16.2. The van der Waals surface area contributed by atoms with Crippen molar-refractivity contribution in [2.24, 2.45) is 10.8 Å². The largest absolute Gasteiger partial charge is 0.494 e. The number of nitriles is 1. The highest BCUT2D eigenvalue weighted by molar-refractivity contribution is 6.31. The van der Waals surface area contributed by atoms with Crippen LogP contribution in [0.3, 0.4) is 0 Å². The van der Waals surface area contributed by atoms with Crippen LogP contribution in [0.5, 0.6) is 11.5 Å². The fourth-order valence-electron chi connectivity index (χ4n) is 8.89. The number of unbranched alkanes of at least 4 members (excludes halogenated alkanes) is 1. The highest BCUT2D eigenvalue weighted by Gasteiger charge is 2.64. The number of hydrogen-bond donors (Lipinski definition) is 2. The number of aromatic nitrogens is 1. The first kappa shape index (κ1) is 39.7. The van der Waals surface area contributed by atoms with Gasteiger partial charge in [0.15, 0.2) is 0 Å². The number of hydrogen-bond acceptors (Lipinski definition) is 11. The van der Waals surface area contributed by atoms with Gasteiger partial charge in [0.05, 0.1) is 33.9 Å². The van der Waals surface area contributed by atoms with Crippen molar-refractivity contribution in [3.8, 4) is 17.6 Å². The number of anilines is 1. The maximum Gasteiger partial charge on any atom is 0.262 e. The summed E-state index contributed by atoms with van der Waals surface area (Å²) in [7, 11) is 0. The van der Waals surface area contributed by atoms with Gasteiger partial charge in [-0.15, -0.1) is 0 Å². The molecule has 1 unspecified atom stereocenters. The number of pyridine rings is 1. The number of nitrogens with one attached hydrogen (secondary N) is 2. The summed E-state index contributed by atoms with van der Waals surface area (Å²) in [5.74, 6) is -0.455. The van der Waals surface area contributed by atoms with Gasteiger partial charge in [0.25, 0.3) is 17.7 Å². The number of piperidine rings is 1. The van der Waals surface area contributed by atoms with E-state index >= 15 is 0 Å². The molecule has 4 heterocycles. The first-order valence-electron chi connectivity index (χ1n) is 19.3. The molecule has 7 rings (SSSR count). The van der Waals surface area contributed by atoms with Crippen LogP contribution in [-0.4, -0.2) is 102 Å². The van der Waals surface area contributed by atoms with Gasteiger partial charge in [0.2, 0.25) is 11.8 Å². The summed E-state index contributed by atoms with van der Waals surface area (Å²) < 4.78 is 12.3. The average molecular weight is 796 g/mol. The molecule has 3 aliphatic heterocycles. The second-order valence-corrected chi connectivity index (χ2v) is 16.7. The minimum atomic E-state index is -1.00. The van der Waals surface area contributed by atoms with E-state index in [1.165, 1.54) is 0 Å². The Hall–Kier alpha value is -5.52. The second kappa shape index (κ2) is 15.8. The Morgan fingerprint density at radius 2 is 1.67 bits per heavy atom. The van der Waals surface area contributed by atoms with E-state index in [-0.39, 0.29) is 52.9 Å². The summed E-state index contributed by atoms with van der Waals surface area (Å²) in [6, 6.07) is 14.4. The van der Waals surface area contributed by atoms with Crippen molar-refractivity contribution in [2.75, 3.05) is 44.2 Å². The molecule has 5 amide bonds. The van der Waals surface area contributed by atoms with E-state index < -0.39 is 29.7 Å². The van der Waals surface area contributed by atoms with Crippen LogP contribution >= 0.6 is 11.6 Å². The van der Waals surface area contributed by atoms with E-state index in [4.69, 9.17) is 21.1 Å². The van der Waals surface area contributed by atoms with Crippen molar-refractivity contribution < 1.29 is 33.4 Å². The van der Waals surface area contributed by atoms with Crippen LogP contribution in [0.4, 0.5) is 5.82 Å². The van der Waals surface area contributed by atoms with Crippen LogP contribution in [0.2, 0.25) is 5.02 Å². The quantitative estimate of drug-likeness (QED) is 0.194. The molecule has 1 aromatic heterocycles. The third-order valence-corrected chi connectivity index (χ3v) is 12.0. The lowest BCUT2D eigenvalue weighted by molar-refractivity contribution is -0.164. The molecule has 1 atom stereocenters. The van der Waals surface area contributed by atoms with E-state index in [1.54, 1.807) is 42.6 Å². The van der Waals surface area contributed by atoms with E-state index in [2.05, 4.69) is 59.2 Å². The third-order valence-electron chi connectivity index (χ3n) is 11.7. The Balaban J connectivity index is 0.826.